The van der Waals surface area contributed by atoms with Gasteiger partial charge in [-0.15, -0.1) is 0 Å². The Labute approximate surface area is 120 Å². The predicted octanol–water partition coefficient (Wildman–Crippen LogP) is -0.129. The first-order valence-corrected chi connectivity index (χ1v) is 6.48. The first-order valence-electron chi connectivity index (χ1n) is 6.48. The van der Waals surface area contributed by atoms with E-state index in [-0.39, 0.29) is 12.8 Å². The highest BCUT2D eigenvalue weighted by Crippen LogP contribution is 2.43. The fourth-order valence-corrected chi connectivity index (χ4v) is 2.79. The zero-order chi connectivity index (χ0) is 15.8. The fraction of sp³-hybridized carbons (Fsp3) is 0.692. The quantitative estimate of drug-likeness (QED) is 0.524. The van der Waals surface area contributed by atoms with Crippen molar-refractivity contribution >= 4 is 23.9 Å². The van der Waals surface area contributed by atoms with Crippen molar-refractivity contribution in [3.05, 3.63) is 0 Å². The van der Waals surface area contributed by atoms with E-state index in [1.165, 1.54) is 20.8 Å². The molecule has 0 spiro atoms. The van der Waals surface area contributed by atoms with Gasteiger partial charge in [-0.1, -0.05) is 0 Å². The monoisotopic (exact) mass is 300 g/mol. The lowest BCUT2D eigenvalue weighted by atomic mass is 9.81. The first-order chi connectivity index (χ1) is 9.73. The molecule has 2 fully saturated rings. The average Bonchev–Trinajstić information content (AvgIpc) is 2.56. The summed E-state index contributed by atoms with van der Waals surface area (Å²) in [5, 5.41) is 0. The average molecular weight is 300 g/mol. The third kappa shape index (κ3) is 2.98. The number of esters is 4. The maximum Gasteiger partial charge on any atom is 0.351 e. The molecule has 0 aromatic rings. The molecule has 2 rings (SSSR count). The molecule has 0 aromatic heterocycles. The van der Waals surface area contributed by atoms with Gasteiger partial charge in [0.05, 0.1) is 0 Å². The van der Waals surface area contributed by atoms with E-state index in [2.05, 4.69) is 0 Å². The number of ether oxygens (including phenoxy) is 4. The molecule has 4 atom stereocenters. The standard InChI is InChI=1S/C13H16O8/c1-6(14)18-9-4-13(21-8(3)16)5-10(20-12(13)17)11(9)19-7(2)15/h9-11H,4-5H2,1-3H3/t9-,10+,11-,13+/m0/s1. The summed E-state index contributed by atoms with van der Waals surface area (Å²) in [5.41, 5.74) is -1.48. The summed E-state index contributed by atoms with van der Waals surface area (Å²) in [4.78, 5) is 45.6. The van der Waals surface area contributed by atoms with Gasteiger partial charge in [-0.2, -0.15) is 0 Å². The molecule has 2 aliphatic rings. The van der Waals surface area contributed by atoms with E-state index < -0.39 is 47.8 Å². The SMILES string of the molecule is CC(=O)O[C@H]1[C@@H](OC(C)=O)C[C@@]2(OC(C)=O)C[C@H]1OC2=O. The van der Waals surface area contributed by atoms with Gasteiger partial charge < -0.3 is 18.9 Å². The minimum atomic E-state index is -1.48. The summed E-state index contributed by atoms with van der Waals surface area (Å²) in [6.07, 6.45) is -2.64. The Bertz CT molecular complexity index is 498. The van der Waals surface area contributed by atoms with Crippen LogP contribution in [0.5, 0.6) is 0 Å². The number of rotatable bonds is 3. The van der Waals surface area contributed by atoms with E-state index in [0.717, 1.165) is 0 Å². The summed E-state index contributed by atoms with van der Waals surface area (Å²) in [6, 6.07) is 0. The summed E-state index contributed by atoms with van der Waals surface area (Å²) >= 11 is 0. The van der Waals surface area contributed by atoms with E-state index in [1.54, 1.807) is 0 Å². The third-order valence-corrected chi connectivity index (χ3v) is 3.38. The van der Waals surface area contributed by atoms with E-state index in [4.69, 9.17) is 18.9 Å². The lowest BCUT2D eigenvalue weighted by molar-refractivity contribution is -0.187. The van der Waals surface area contributed by atoms with Gasteiger partial charge in [0.1, 0.15) is 12.2 Å². The van der Waals surface area contributed by atoms with Gasteiger partial charge in [-0.25, -0.2) is 4.79 Å². The first kappa shape index (κ1) is 15.3. The topological polar surface area (TPSA) is 105 Å². The van der Waals surface area contributed by atoms with E-state index >= 15 is 0 Å². The number of fused-ring (bicyclic) bond motifs is 2. The van der Waals surface area contributed by atoms with Crippen molar-refractivity contribution in [2.45, 2.75) is 57.5 Å². The second-order valence-electron chi connectivity index (χ2n) is 5.16. The molecule has 0 N–H and O–H groups in total. The van der Waals surface area contributed by atoms with Crippen LogP contribution in [-0.2, 0) is 38.1 Å². The molecule has 1 saturated heterocycles. The number of carbonyl (C=O) groups excluding carboxylic acids is 4. The molecule has 0 amide bonds. The number of hydrogen-bond acceptors (Lipinski definition) is 8. The van der Waals surface area contributed by atoms with Crippen molar-refractivity contribution < 1.29 is 38.1 Å². The van der Waals surface area contributed by atoms with Crippen LogP contribution >= 0.6 is 0 Å². The van der Waals surface area contributed by atoms with E-state index in [0.29, 0.717) is 0 Å². The molecule has 1 aliphatic heterocycles. The second kappa shape index (κ2) is 5.34. The smallest absolute Gasteiger partial charge is 0.351 e. The lowest BCUT2D eigenvalue weighted by Gasteiger charge is -2.36. The van der Waals surface area contributed by atoms with Crippen molar-refractivity contribution in [1.82, 2.24) is 0 Å². The van der Waals surface area contributed by atoms with Crippen molar-refractivity contribution in [2.24, 2.45) is 0 Å². The molecule has 8 heteroatoms. The molecule has 0 radical (unpaired) electrons. The molecule has 1 aliphatic carbocycles. The molecule has 0 unspecified atom stereocenters. The highest BCUT2D eigenvalue weighted by molar-refractivity contribution is 5.85. The number of carbonyl (C=O) groups is 4. The summed E-state index contributed by atoms with van der Waals surface area (Å²) in [5.74, 6) is -2.53. The molecular formula is C13H16O8. The zero-order valence-corrected chi connectivity index (χ0v) is 11.9. The van der Waals surface area contributed by atoms with Crippen molar-refractivity contribution in [3.8, 4) is 0 Å². The van der Waals surface area contributed by atoms with Gasteiger partial charge in [0.2, 0.25) is 5.60 Å². The van der Waals surface area contributed by atoms with Crippen LogP contribution in [0, 0.1) is 0 Å². The van der Waals surface area contributed by atoms with Crippen LogP contribution in [0.3, 0.4) is 0 Å². The highest BCUT2D eigenvalue weighted by atomic mass is 16.6. The molecular weight excluding hydrogens is 284 g/mol. The molecule has 116 valence electrons. The summed E-state index contributed by atoms with van der Waals surface area (Å²) < 4.78 is 20.4. The van der Waals surface area contributed by atoms with Gasteiger partial charge in [-0.05, 0) is 0 Å². The molecule has 1 saturated carbocycles. The van der Waals surface area contributed by atoms with Gasteiger partial charge in [-0.3, -0.25) is 14.4 Å². The van der Waals surface area contributed by atoms with Crippen molar-refractivity contribution in [3.63, 3.8) is 0 Å². The van der Waals surface area contributed by atoms with E-state index in [9.17, 15) is 19.2 Å². The third-order valence-electron chi connectivity index (χ3n) is 3.38. The van der Waals surface area contributed by atoms with Crippen LogP contribution in [0.2, 0.25) is 0 Å². The molecule has 1 heterocycles. The van der Waals surface area contributed by atoms with Gasteiger partial charge in [0, 0.05) is 33.6 Å². The Morgan fingerprint density at radius 2 is 1.67 bits per heavy atom. The summed E-state index contributed by atoms with van der Waals surface area (Å²) in [7, 11) is 0. The Hall–Kier alpha value is -2.12. The Kier molecular flexibility index (Phi) is 3.89. The lowest BCUT2D eigenvalue weighted by Crippen LogP contribution is -2.53. The van der Waals surface area contributed by atoms with Crippen LogP contribution in [-0.4, -0.2) is 47.8 Å². The second-order valence-corrected chi connectivity index (χ2v) is 5.16. The van der Waals surface area contributed by atoms with Crippen LogP contribution in [0.1, 0.15) is 33.6 Å². The molecule has 2 bridgehead atoms. The van der Waals surface area contributed by atoms with Crippen LogP contribution in [0.15, 0.2) is 0 Å². The zero-order valence-electron chi connectivity index (χ0n) is 11.9. The summed E-state index contributed by atoms with van der Waals surface area (Å²) in [6.45, 7) is 3.58. The van der Waals surface area contributed by atoms with E-state index in [1.807, 2.05) is 0 Å². The molecule has 0 aromatic carbocycles. The minimum absolute atomic E-state index is 0.0706. The van der Waals surface area contributed by atoms with Crippen LogP contribution in [0.4, 0.5) is 0 Å². The normalized spacial score (nSPS) is 33.9. The van der Waals surface area contributed by atoms with Crippen LogP contribution < -0.4 is 0 Å². The predicted molar refractivity (Wildman–Crippen MR) is 64.7 cm³/mol. The largest absolute Gasteiger partial charge is 0.458 e. The molecule has 8 nitrogen and oxygen atoms in total. The van der Waals surface area contributed by atoms with Crippen molar-refractivity contribution in [2.75, 3.05) is 0 Å². The fourth-order valence-electron chi connectivity index (χ4n) is 2.79. The van der Waals surface area contributed by atoms with Gasteiger partial charge in [0.15, 0.2) is 6.10 Å². The Balaban J connectivity index is 2.28. The van der Waals surface area contributed by atoms with Gasteiger partial charge >= 0.3 is 23.9 Å². The highest BCUT2D eigenvalue weighted by Gasteiger charge is 2.63. The Morgan fingerprint density at radius 3 is 2.19 bits per heavy atom. The Morgan fingerprint density at radius 1 is 1.05 bits per heavy atom. The minimum Gasteiger partial charge on any atom is -0.458 e. The number of hydrogen-bond donors (Lipinski definition) is 0. The van der Waals surface area contributed by atoms with Crippen LogP contribution in [0.25, 0.3) is 0 Å². The van der Waals surface area contributed by atoms with Gasteiger partial charge in [0.25, 0.3) is 0 Å². The maximum absolute atomic E-state index is 12.0. The molecule has 21 heavy (non-hydrogen) atoms. The van der Waals surface area contributed by atoms with Crippen molar-refractivity contribution in [1.29, 1.82) is 0 Å². The maximum atomic E-state index is 12.0.